The van der Waals surface area contributed by atoms with Crippen molar-refractivity contribution >= 4 is 5.91 Å². The van der Waals surface area contributed by atoms with E-state index in [1.165, 1.54) is 0 Å². The number of carbonyl (C=O) groups is 1. The fourth-order valence-electron chi connectivity index (χ4n) is 0.856. The van der Waals surface area contributed by atoms with Crippen LogP contribution in [-0.4, -0.2) is 42.4 Å². The Morgan fingerprint density at radius 1 is 1.42 bits per heavy atom. The fraction of sp³-hybridized carbons (Fsp3) is 0.857. The summed E-state index contributed by atoms with van der Waals surface area (Å²) in [5, 5.41) is 19.8. The van der Waals surface area contributed by atoms with Crippen LogP contribution in [0.5, 0.6) is 0 Å². The zero-order valence-electron chi connectivity index (χ0n) is 6.99. The van der Waals surface area contributed by atoms with Gasteiger partial charge in [-0.2, -0.15) is 0 Å². The molecule has 5 nitrogen and oxygen atoms in total. The largest absolute Gasteiger partial charge is 0.396 e. The average Bonchev–Trinajstić information content (AvgIpc) is 2.03. The van der Waals surface area contributed by atoms with Crippen LogP contribution < -0.4 is 11.1 Å². The van der Waals surface area contributed by atoms with Crippen LogP contribution in [0.3, 0.4) is 0 Å². The minimum Gasteiger partial charge on any atom is -0.396 e. The van der Waals surface area contributed by atoms with Gasteiger partial charge in [0.15, 0.2) is 0 Å². The van der Waals surface area contributed by atoms with E-state index in [1.54, 1.807) is 0 Å². The van der Waals surface area contributed by atoms with Gasteiger partial charge in [-0.05, 0) is 6.42 Å². The number of nitrogens with one attached hydrogen (secondary N) is 1. The lowest BCUT2D eigenvalue weighted by molar-refractivity contribution is -0.122. The van der Waals surface area contributed by atoms with Crippen LogP contribution in [0.15, 0.2) is 0 Å². The molecule has 0 saturated carbocycles. The zero-order valence-corrected chi connectivity index (χ0v) is 6.99. The maximum absolute atomic E-state index is 10.7. The summed E-state index contributed by atoms with van der Waals surface area (Å²) in [4.78, 5) is 10.7. The molecule has 0 aliphatic rings. The molecule has 1 atom stereocenters. The molecular weight excluding hydrogens is 160 g/mol. The van der Waals surface area contributed by atoms with Crippen LogP contribution in [0.25, 0.3) is 0 Å². The molecule has 0 aliphatic carbocycles. The Hall–Kier alpha value is -0.650. The first kappa shape index (κ1) is 11.4. The molecule has 0 aromatic carbocycles. The number of carbonyl (C=O) groups excluding carboxylic acids is 1. The van der Waals surface area contributed by atoms with E-state index in [-0.39, 0.29) is 19.1 Å². The second kappa shape index (κ2) is 7.02. The summed E-state index contributed by atoms with van der Waals surface area (Å²) in [6.45, 7) is 0.838. The third-order valence-corrected chi connectivity index (χ3v) is 1.56. The fourth-order valence-corrected chi connectivity index (χ4v) is 0.856. The van der Waals surface area contributed by atoms with Crippen LogP contribution in [0.2, 0.25) is 0 Å². The van der Waals surface area contributed by atoms with E-state index in [0.717, 1.165) is 0 Å². The highest BCUT2D eigenvalue weighted by atomic mass is 16.3. The number of aliphatic hydroxyl groups excluding tert-OH is 2. The summed E-state index contributed by atoms with van der Waals surface area (Å²) < 4.78 is 0. The van der Waals surface area contributed by atoms with Gasteiger partial charge in [-0.15, -0.1) is 0 Å². The first-order valence-electron chi connectivity index (χ1n) is 3.94. The molecule has 72 valence electrons. The number of amides is 1. The summed E-state index contributed by atoms with van der Waals surface area (Å²) in [5.74, 6) is -0.768. The summed E-state index contributed by atoms with van der Waals surface area (Å²) >= 11 is 0. The van der Waals surface area contributed by atoms with E-state index in [1.807, 2.05) is 0 Å². The third-order valence-electron chi connectivity index (χ3n) is 1.56. The molecule has 0 aromatic rings. The van der Waals surface area contributed by atoms with Gasteiger partial charge in [-0.25, -0.2) is 0 Å². The third kappa shape index (κ3) is 5.06. The average molecular weight is 176 g/mol. The molecule has 0 heterocycles. The van der Waals surface area contributed by atoms with Crippen LogP contribution >= 0.6 is 0 Å². The van der Waals surface area contributed by atoms with Crippen molar-refractivity contribution in [1.82, 2.24) is 5.32 Å². The van der Waals surface area contributed by atoms with E-state index in [4.69, 9.17) is 15.9 Å². The predicted molar refractivity (Wildman–Crippen MR) is 44.3 cm³/mol. The molecule has 0 aromatic heterocycles. The van der Waals surface area contributed by atoms with Crippen molar-refractivity contribution in [2.75, 3.05) is 26.3 Å². The summed E-state index contributed by atoms with van der Waals surface area (Å²) in [6, 6.07) is 0. The van der Waals surface area contributed by atoms with Crippen molar-refractivity contribution in [1.29, 1.82) is 0 Å². The van der Waals surface area contributed by atoms with Crippen molar-refractivity contribution in [3.63, 3.8) is 0 Å². The van der Waals surface area contributed by atoms with Gasteiger partial charge in [-0.1, -0.05) is 0 Å². The molecule has 1 amide bonds. The Morgan fingerprint density at radius 2 is 2.08 bits per heavy atom. The van der Waals surface area contributed by atoms with Gasteiger partial charge < -0.3 is 21.3 Å². The number of rotatable bonds is 7. The standard InChI is InChI=1S/C7H16N2O3/c8-7(12)6(1-3-10)5-9-2-4-11/h6,9-11H,1-5H2,(H2,8,12). The van der Waals surface area contributed by atoms with Crippen molar-refractivity contribution in [2.24, 2.45) is 11.7 Å². The summed E-state index contributed by atoms with van der Waals surface area (Å²) in [7, 11) is 0. The van der Waals surface area contributed by atoms with Crippen molar-refractivity contribution in [2.45, 2.75) is 6.42 Å². The van der Waals surface area contributed by atoms with E-state index in [0.29, 0.717) is 19.5 Å². The highest BCUT2D eigenvalue weighted by molar-refractivity contribution is 5.76. The highest BCUT2D eigenvalue weighted by Crippen LogP contribution is 1.98. The van der Waals surface area contributed by atoms with Crippen LogP contribution in [0, 0.1) is 5.92 Å². The molecule has 0 fully saturated rings. The van der Waals surface area contributed by atoms with Crippen molar-refractivity contribution in [3.05, 3.63) is 0 Å². The topological polar surface area (TPSA) is 95.6 Å². The first-order chi connectivity index (χ1) is 5.72. The van der Waals surface area contributed by atoms with E-state index >= 15 is 0 Å². The van der Waals surface area contributed by atoms with Gasteiger partial charge in [0, 0.05) is 19.7 Å². The van der Waals surface area contributed by atoms with Crippen molar-refractivity contribution in [3.8, 4) is 0 Å². The molecule has 0 radical (unpaired) electrons. The number of hydrogen-bond acceptors (Lipinski definition) is 4. The van der Waals surface area contributed by atoms with E-state index in [2.05, 4.69) is 5.32 Å². The maximum Gasteiger partial charge on any atom is 0.221 e. The normalized spacial score (nSPS) is 12.8. The Labute approximate surface area is 71.6 Å². The molecule has 0 aliphatic heterocycles. The monoisotopic (exact) mass is 176 g/mol. The first-order valence-corrected chi connectivity index (χ1v) is 3.94. The highest BCUT2D eigenvalue weighted by Gasteiger charge is 2.13. The molecule has 1 unspecified atom stereocenters. The van der Waals surface area contributed by atoms with Gasteiger partial charge in [-0.3, -0.25) is 4.79 Å². The lowest BCUT2D eigenvalue weighted by atomic mass is 10.1. The minimum atomic E-state index is -0.422. The second-order valence-corrected chi connectivity index (χ2v) is 2.54. The quantitative estimate of drug-likeness (QED) is 0.339. The smallest absolute Gasteiger partial charge is 0.221 e. The number of aliphatic hydroxyl groups is 2. The van der Waals surface area contributed by atoms with Gasteiger partial charge in [0.25, 0.3) is 0 Å². The van der Waals surface area contributed by atoms with Crippen LogP contribution in [0.1, 0.15) is 6.42 Å². The number of primary amides is 1. The van der Waals surface area contributed by atoms with Gasteiger partial charge >= 0.3 is 0 Å². The van der Waals surface area contributed by atoms with Gasteiger partial charge in [0.05, 0.1) is 12.5 Å². The Morgan fingerprint density at radius 3 is 2.50 bits per heavy atom. The van der Waals surface area contributed by atoms with E-state index in [9.17, 15) is 4.79 Å². The molecule has 5 heteroatoms. The van der Waals surface area contributed by atoms with Crippen molar-refractivity contribution < 1.29 is 15.0 Å². The van der Waals surface area contributed by atoms with Crippen LogP contribution in [0.4, 0.5) is 0 Å². The lowest BCUT2D eigenvalue weighted by Crippen LogP contribution is -2.34. The molecule has 12 heavy (non-hydrogen) atoms. The molecule has 0 saturated heterocycles. The number of hydrogen-bond donors (Lipinski definition) is 4. The van der Waals surface area contributed by atoms with Crippen LogP contribution in [-0.2, 0) is 4.79 Å². The Kier molecular flexibility index (Phi) is 6.64. The van der Waals surface area contributed by atoms with E-state index < -0.39 is 5.91 Å². The summed E-state index contributed by atoms with van der Waals surface area (Å²) in [6.07, 6.45) is 0.369. The minimum absolute atomic E-state index is 0.0323. The Balaban J connectivity index is 3.56. The molecule has 0 spiro atoms. The molecular formula is C7H16N2O3. The summed E-state index contributed by atoms with van der Waals surface area (Å²) in [5.41, 5.74) is 5.05. The zero-order chi connectivity index (χ0) is 9.40. The lowest BCUT2D eigenvalue weighted by Gasteiger charge is -2.11. The molecule has 0 bridgehead atoms. The maximum atomic E-state index is 10.7. The number of nitrogens with two attached hydrogens (primary N) is 1. The van der Waals surface area contributed by atoms with Gasteiger partial charge in [0.1, 0.15) is 0 Å². The Bertz CT molecular complexity index is 130. The SMILES string of the molecule is NC(=O)C(CCO)CNCCO. The predicted octanol–water partition coefficient (Wildman–Crippen LogP) is -1.95. The van der Waals surface area contributed by atoms with Gasteiger partial charge in [0.2, 0.25) is 5.91 Å². The second-order valence-electron chi connectivity index (χ2n) is 2.54. The molecule has 0 rings (SSSR count). The molecule has 5 N–H and O–H groups in total.